The summed E-state index contributed by atoms with van der Waals surface area (Å²) in [5.74, 6) is 1.26. The Morgan fingerprint density at radius 2 is 2.12 bits per heavy atom. The highest BCUT2D eigenvalue weighted by molar-refractivity contribution is 5.45. The Balaban J connectivity index is 2.14. The molecule has 0 atom stereocenters. The maximum Gasteiger partial charge on any atom is 0.134 e. The van der Waals surface area contributed by atoms with Crippen LogP contribution in [0.25, 0.3) is 0 Å². The van der Waals surface area contributed by atoms with Crippen molar-refractivity contribution in [1.29, 1.82) is 0 Å². The molecule has 0 aliphatic carbocycles. The fourth-order valence-electron chi connectivity index (χ4n) is 1.58. The van der Waals surface area contributed by atoms with Crippen LogP contribution >= 0.6 is 0 Å². The third kappa shape index (κ3) is 2.90. The van der Waals surface area contributed by atoms with E-state index in [2.05, 4.69) is 15.0 Å². The average Bonchev–Trinajstić information content (AvgIpc) is 2.29. The molecule has 0 aliphatic heterocycles. The minimum Gasteiger partial charge on any atom is -0.384 e. The lowest BCUT2D eigenvalue weighted by atomic mass is 10.3. The van der Waals surface area contributed by atoms with Gasteiger partial charge in [-0.25, -0.2) is 9.97 Å². The number of aryl methyl sites for hydroxylation is 1. The first-order valence-electron chi connectivity index (χ1n) is 5.36. The third-order valence-corrected chi connectivity index (χ3v) is 2.41. The van der Waals surface area contributed by atoms with Crippen molar-refractivity contribution in [3.63, 3.8) is 0 Å². The number of anilines is 2. The van der Waals surface area contributed by atoms with Gasteiger partial charge in [0.05, 0.1) is 12.2 Å². The number of pyridine rings is 1. The molecule has 5 nitrogen and oxygen atoms in total. The lowest BCUT2D eigenvalue weighted by Gasteiger charge is -2.17. The van der Waals surface area contributed by atoms with Crippen molar-refractivity contribution >= 4 is 11.6 Å². The molecule has 2 aromatic heterocycles. The Morgan fingerprint density at radius 3 is 2.82 bits per heavy atom. The summed E-state index contributed by atoms with van der Waals surface area (Å²) >= 11 is 0. The highest BCUT2D eigenvalue weighted by Gasteiger charge is 2.05. The second-order valence-electron chi connectivity index (χ2n) is 3.93. The van der Waals surface area contributed by atoms with Gasteiger partial charge in [-0.2, -0.15) is 0 Å². The van der Waals surface area contributed by atoms with E-state index in [-0.39, 0.29) is 0 Å². The average molecular weight is 229 g/mol. The Bertz CT molecular complexity index is 512. The summed E-state index contributed by atoms with van der Waals surface area (Å²) in [6, 6.07) is 7.72. The van der Waals surface area contributed by atoms with Gasteiger partial charge in [0.25, 0.3) is 0 Å². The Morgan fingerprint density at radius 1 is 1.29 bits per heavy atom. The second-order valence-corrected chi connectivity index (χ2v) is 3.93. The topological polar surface area (TPSA) is 67.9 Å². The molecule has 2 N–H and O–H groups in total. The number of hydrogen-bond acceptors (Lipinski definition) is 5. The molecule has 0 aromatic carbocycles. The second kappa shape index (κ2) is 4.78. The maximum atomic E-state index is 5.62. The fraction of sp³-hybridized carbons (Fsp3) is 0.250. The van der Waals surface area contributed by atoms with Crippen LogP contribution in [0.1, 0.15) is 11.4 Å². The van der Waals surface area contributed by atoms with Crippen LogP contribution in [0.15, 0.2) is 30.6 Å². The highest BCUT2D eigenvalue weighted by Crippen LogP contribution is 2.12. The summed E-state index contributed by atoms with van der Waals surface area (Å²) in [5.41, 5.74) is 7.64. The standard InChI is InChI=1S/C12H15N5/c1-9-4-3-5-10(16-9)7-17(2)12-6-11(13)14-8-15-12/h3-6,8H,7H2,1-2H3,(H2,13,14,15). The summed E-state index contributed by atoms with van der Waals surface area (Å²) in [5, 5.41) is 0. The first-order chi connectivity index (χ1) is 8.15. The largest absolute Gasteiger partial charge is 0.384 e. The third-order valence-electron chi connectivity index (χ3n) is 2.41. The van der Waals surface area contributed by atoms with Crippen molar-refractivity contribution in [3.05, 3.63) is 42.0 Å². The Labute approximate surface area is 100 Å². The smallest absolute Gasteiger partial charge is 0.134 e. The molecule has 5 heteroatoms. The number of nitrogen functional groups attached to an aromatic ring is 1. The SMILES string of the molecule is Cc1cccc(CN(C)c2cc(N)ncn2)n1. The Kier molecular flexibility index (Phi) is 3.18. The zero-order valence-corrected chi connectivity index (χ0v) is 9.96. The maximum absolute atomic E-state index is 5.62. The van der Waals surface area contributed by atoms with Gasteiger partial charge in [-0.05, 0) is 19.1 Å². The van der Waals surface area contributed by atoms with Gasteiger partial charge in [0.2, 0.25) is 0 Å². The lowest BCUT2D eigenvalue weighted by Crippen LogP contribution is -2.19. The normalized spacial score (nSPS) is 10.2. The van der Waals surface area contributed by atoms with Crippen LogP contribution in [0.5, 0.6) is 0 Å². The number of rotatable bonds is 3. The molecule has 0 spiro atoms. The van der Waals surface area contributed by atoms with Crippen LogP contribution in [-0.4, -0.2) is 22.0 Å². The van der Waals surface area contributed by atoms with E-state index in [1.807, 2.05) is 37.1 Å². The van der Waals surface area contributed by atoms with E-state index in [9.17, 15) is 0 Å². The van der Waals surface area contributed by atoms with Gasteiger partial charge in [0.1, 0.15) is 18.0 Å². The molecule has 0 fully saturated rings. The summed E-state index contributed by atoms with van der Waals surface area (Å²) < 4.78 is 0. The predicted molar refractivity (Wildman–Crippen MR) is 67.5 cm³/mol. The van der Waals surface area contributed by atoms with Crippen molar-refractivity contribution in [2.24, 2.45) is 0 Å². The zero-order chi connectivity index (χ0) is 12.3. The molecule has 2 heterocycles. The summed E-state index contributed by atoms with van der Waals surface area (Å²) in [4.78, 5) is 14.5. The molecule has 2 rings (SSSR count). The molecule has 0 aliphatic rings. The molecule has 0 bridgehead atoms. The van der Waals surface area contributed by atoms with Gasteiger partial charge in [0.15, 0.2) is 0 Å². The van der Waals surface area contributed by atoms with Crippen LogP contribution in [0.2, 0.25) is 0 Å². The lowest BCUT2D eigenvalue weighted by molar-refractivity contribution is 0.855. The molecule has 0 saturated carbocycles. The molecule has 0 saturated heterocycles. The quantitative estimate of drug-likeness (QED) is 0.861. The Hall–Kier alpha value is -2.17. The number of aromatic nitrogens is 3. The fourth-order valence-corrected chi connectivity index (χ4v) is 1.58. The van der Waals surface area contributed by atoms with Crippen molar-refractivity contribution in [2.45, 2.75) is 13.5 Å². The van der Waals surface area contributed by atoms with Crippen LogP contribution in [0, 0.1) is 6.92 Å². The number of hydrogen-bond donors (Lipinski definition) is 1. The molecule has 0 unspecified atom stereocenters. The van der Waals surface area contributed by atoms with Gasteiger partial charge >= 0.3 is 0 Å². The molecular weight excluding hydrogens is 214 g/mol. The molecule has 2 aromatic rings. The van der Waals surface area contributed by atoms with E-state index in [1.165, 1.54) is 6.33 Å². The first kappa shape index (κ1) is 11.3. The molecular formula is C12H15N5. The van der Waals surface area contributed by atoms with E-state index in [4.69, 9.17) is 5.73 Å². The van der Waals surface area contributed by atoms with Crippen molar-refractivity contribution in [2.75, 3.05) is 17.7 Å². The van der Waals surface area contributed by atoms with E-state index < -0.39 is 0 Å². The van der Waals surface area contributed by atoms with E-state index in [0.717, 1.165) is 17.2 Å². The van der Waals surface area contributed by atoms with Gasteiger partial charge in [-0.15, -0.1) is 0 Å². The number of nitrogens with zero attached hydrogens (tertiary/aromatic N) is 4. The highest BCUT2D eigenvalue weighted by atomic mass is 15.2. The minimum atomic E-state index is 0.471. The van der Waals surface area contributed by atoms with Crippen LogP contribution in [-0.2, 0) is 6.54 Å². The van der Waals surface area contributed by atoms with Gasteiger partial charge in [-0.3, -0.25) is 4.98 Å². The predicted octanol–water partition coefficient (Wildman–Crippen LogP) is 1.40. The van der Waals surface area contributed by atoms with Crippen molar-refractivity contribution in [3.8, 4) is 0 Å². The molecule has 88 valence electrons. The summed E-state index contributed by atoms with van der Waals surface area (Å²) in [6.45, 7) is 2.67. The van der Waals surface area contributed by atoms with E-state index in [0.29, 0.717) is 12.4 Å². The van der Waals surface area contributed by atoms with E-state index in [1.54, 1.807) is 6.07 Å². The van der Waals surface area contributed by atoms with Crippen molar-refractivity contribution in [1.82, 2.24) is 15.0 Å². The molecule has 0 radical (unpaired) electrons. The van der Waals surface area contributed by atoms with E-state index >= 15 is 0 Å². The van der Waals surface area contributed by atoms with Crippen LogP contribution in [0.3, 0.4) is 0 Å². The van der Waals surface area contributed by atoms with Crippen LogP contribution in [0.4, 0.5) is 11.6 Å². The molecule has 17 heavy (non-hydrogen) atoms. The first-order valence-corrected chi connectivity index (χ1v) is 5.36. The number of nitrogens with two attached hydrogens (primary N) is 1. The summed E-state index contributed by atoms with van der Waals surface area (Å²) in [6.07, 6.45) is 1.46. The molecule has 0 amide bonds. The monoisotopic (exact) mass is 229 g/mol. The summed E-state index contributed by atoms with van der Waals surface area (Å²) in [7, 11) is 1.95. The van der Waals surface area contributed by atoms with Gasteiger partial charge in [-0.1, -0.05) is 6.07 Å². The van der Waals surface area contributed by atoms with Crippen molar-refractivity contribution < 1.29 is 0 Å². The van der Waals surface area contributed by atoms with Gasteiger partial charge < -0.3 is 10.6 Å². The zero-order valence-electron chi connectivity index (χ0n) is 9.96. The van der Waals surface area contributed by atoms with Gasteiger partial charge in [0, 0.05) is 18.8 Å². The minimum absolute atomic E-state index is 0.471. The van der Waals surface area contributed by atoms with Crippen LogP contribution < -0.4 is 10.6 Å².